The molecule has 1 saturated heterocycles. The van der Waals surface area contributed by atoms with Gasteiger partial charge in [0, 0.05) is 6.92 Å². The van der Waals surface area contributed by atoms with Crippen molar-refractivity contribution in [2.24, 2.45) is 0 Å². The summed E-state index contributed by atoms with van der Waals surface area (Å²) in [6.07, 6.45) is 9.20. The molecule has 2 aliphatic rings. The van der Waals surface area contributed by atoms with Crippen LogP contribution in [0.25, 0.3) is 0 Å². The number of hydrogen-bond donors (Lipinski definition) is 0. The molecule has 0 spiro atoms. The van der Waals surface area contributed by atoms with Crippen molar-refractivity contribution in [1.29, 1.82) is 0 Å². The quantitative estimate of drug-likeness (QED) is 0.567. The number of piperidine rings is 1. The lowest BCUT2D eigenvalue weighted by atomic mass is 9.85. The van der Waals surface area contributed by atoms with Gasteiger partial charge >= 0.3 is 5.97 Å². The number of carbonyl (C=O) groups excluding carboxylic acids is 1. The molecule has 0 radical (unpaired) electrons. The van der Waals surface area contributed by atoms with Crippen LogP contribution in [0.15, 0.2) is 0 Å². The molecule has 106 valence electrons. The third-order valence-corrected chi connectivity index (χ3v) is 4.07. The molecule has 0 amide bonds. The van der Waals surface area contributed by atoms with Crippen LogP contribution in [0.4, 0.5) is 0 Å². The second-order valence-electron chi connectivity index (χ2n) is 5.79. The topological polar surface area (TPSA) is 29.5 Å². The Labute approximate surface area is 116 Å². The third-order valence-electron chi connectivity index (χ3n) is 4.07. The molecule has 0 aromatic carbocycles. The first kappa shape index (κ1) is 14.4. The first-order valence-electron chi connectivity index (χ1n) is 7.62. The van der Waals surface area contributed by atoms with E-state index in [0.29, 0.717) is 0 Å². The van der Waals surface area contributed by atoms with Gasteiger partial charge in [-0.1, -0.05) is 24.7 Å². The lowest BCUT2D eigenvalue weighted by molar-refractivity contribution is -0.153. The average Bonchev–Trinajstić information content (AvgIpc) is 2.40. The van der Waals surface area contributed by atoms with Gasteiger partial charge < -0.3 is 4.74 Å². The van der Waals surface area contributed by atoms with Gasteiger partial charge in [-0.2, -0.15) is 0 Å². The Morgan fingerprint density at radius 3 is 2.37 bits per heavy atom. The Bertz CT molecular complexity index is 355. The van der Waals surface area contributed by atoms with Crippen molar-refractivity contribution in [2.45, 2.75) is 63.9 Å². The first-order chi connectivity index (χ1) is 9.20. The van der Waals surface area contributed by atoms with Crippen molar-refractivity contribution in [1.82, 2.24) is 4.90 Å². The fraction of sp³-hybridized carbons (Fsp3) is 0.812. The molecule has 0 aromatic rings. The summed E-state index contributed by atoms with van der Waals surface area (Å²) in [5, 5.41) is 0. The highest BCUT2D eigenvalue weighted by Crippen LogP contribution is 2.31. The van der Waals surface area contributed by atoms with Crippen LogP contribution in [0.1, 0.15) is 58.3 Å². The summed E-state index contributed by atoms with van der Waals surface area (Å²) in [5.74, 6) is 6.35. The smallest absolute Gasteiger partial charge is 0.304 e. The van der Waals surface area contributed by atoms with E-state index in [-0.39, 0.29) is 5.97 Å². The van der Waals surface area contributed by atoms with E-state index in [1.54, 1.807) is 0 Å². The van der Waals surface area contributed by atoms with Gasteiger partial charge in [0.15, 0.2) is 5.60 Å². The maximum absolute atomic E-state index is 11.3. The minimum absolute atomic E-state index is 0.200. The van der Waals surface area contributed by atoms with E-state index in [2.05, 4.69) is 16.7 Å². The number of hydrogen-bond acceptors (Lipinski definition) is 3. The van der Waals surface area contributed by atoms with E-state index >= 15 is 0 Å². The molecule has 0 N–H and O–H groups in total. The number of rotatable bonds is 2. The van der Waals surface area contributed by atoms with Crippen LogP contribution in [-0.2, 0) is 9.53 Å². The molecule has 0 aromatic heterocycles. The molecule has 0 bridgehead atoms. The molecule has 1 heterocycles. The fourth-order valence-corrected chi connectivity index (χ4v) is 3.08. The molecule has 19 heavy (non-hydrogen) atoms. The molecule has 1 aliphatic carbocycles. The second kappa shape index (κ2) is 6.96. The van der Waals surface area contributed by atoms with Gasteiger partial charge in [-0.3, -0.25) is 9.69 Å². The van der Waals surface area contributed by atoms with Gasteiger partial charge in [0.1, 0.15) is 0 Å². The van der Waals surface area contributed by atoms with Gasteiger partial charge in [0.05, 0.1) is 6.54 Å². The minimum Gasteiger partial charge on any atom is -0.446 e. The van der Waals surface area contributed by atoms with Crippen LogP contribution in [0.3, 0.4) is 0 Å². The molecule has 0 atom stereocenters. The van der Waals surface area contributed by atoms with Gasteiger partial charge in [-0.05, 0) is 51.6 Å². The van der Waals surface area contributed by atoms with E-state index in [4.69, 9.17) is 4.74 Å². The van der Waals surface area contributed by atoms with Gasteiger partial charge in [0.25, 0.3) is 0 Å². The van der Waals surface area contributed by atoms with Crippen LogP contribution in [0, 0.1) is 11.8 Å². The van der Waals surface area contributed by atoms with E-state index < -0.39 is 5.60 Å². The number of carbonyl (C=O) groups is 1. The summed E-state index contributed by atoms with van der Waals surface area (Å²) in [4.78, 5) is 13.7. The van der Waals surface area contributed by atoms with E-state index in [0.717, 1.165) is 45.3 Å². The zero-order chi connectivity index (χ0) is 13.6. The van der Waals surface area contributed by atoms with Crippen LogP contribution in [0.5, 0.6) is 0 Å². The Morgan fingerprint density at radius 2 is 1.74 bits per heavy atom. The van der Waals surface area contributed by atoms with Crippen LogP contribution >= 0.6 is 0 Å². The number of ether oxygens (including phenoxy) is 1. The minimum atomic E-state index is -0.486. The van der Waals surface area contributed by atoms with Crippen LogP contribution in [0.2, 0.25) is 0 Å². The summed E-state index contributed by atoms with van der Waals surface area (Å²) in [6, 6.07) is 0. The van der Waals surface area contributed by atoms with Crippen molar-refractivity contribution < 1.29 is 9.53 Å². The highest BCUT2D eigenvalue weighted by molar-refractivity contribution is 5.67. The molecule has 3 nitrogen and oxygen atoms in total. The Morgan fingerprint density at radius 1 is 1.11 bits per heavy atom. The number of nitrogens with zero attached hydrogens (tertiary/aromatic N) is 1. The van der Waals surface area contributed by atoms with Gasteiger partial charge in [0.2, 0.25) is 0 Å². The van der Waals surface area contributed by atoms with E-state index in [9.17, 15) is 4.79 Å². The monoisotopic (exact) mass is 263 g/mol. The molecule has 2 rings (SSSR count). The van der Waals surface area contributed by atoms with Crippen molar-refractivity contribution in [3.63, 3.8) is 0 Å². The summed E-state index contributed by atoms with van der Waals surface area (Å²) in [5.41, 5.74) is -0.486. The fourth-order valence-electron chi connectivity index (χ4n) is 3.08. The standard InChI is InChI=1S/C16H25NO2/c1-15(18)19-16(9-4-2-5-10-16)11-8-14-17-12-6-3-7-13-17/h2-7,9-10,12-14H2,1H3. The molecule has 1 aliphatic heterocycles. The van der Waals surface area contributed by atoms with E-state index in [1.807, 2.05) is 0 Å². The lowest BCUT2D eigenvalue weighted by Crippen LogP contribution is -2.36. The van der Waals surface area contributed by atoms with Crippen molar-refractivity contribution in [3.05, 3.63) is 0 Å². The van der Waals surface area contributed by atoms with Gasteiger partial charge in [-0.25, -0.2) is 0 Å². The molecular formula is C16H25NO2. The predicted octanol–water partition coefficient (Wildman–Crippen LogP) is 2.74. The highest BCUT2D eigenvalue weighted by atomic mass is 16.6. The summed E-state index contributed by atoms with van der Waals surface area (Å²) in [6.45, 7) is 4.64. The SMILES string of the molecule is CC(=O)OC1(C#CCN2CCCCC2)CCCCC1. The normalized spacial score (nSPS) is 23.2. The Kier molecular flexibility index (Phi) is 5.27. The van der Waals surface area contributed by atoms with Gasteiger partial charge in [-0.15, -0.1) is 0 Å². The number of likely N-dealkylation sites (tertiary alicyclic amines) is 1. The first-order valence-corrected chi connectivity index (χ1v) is 7.62. The van der Waals surface area contributed by atoms with Crippen LogP contribution < -0.4 is 0 Å². The molecule has 0 unspecified atom stereocenters. The average molecular weight is 263 g/mol. The zero-order valence-corrected chi connectivity index (χ0v) is 12.0. The van der Waals surface area contributed by atoms with E-state index in [1.165, 1.54) is 32.6 Å². The molecular weight excluding hydrogens is 238 g/mol. The maximum Gasteiger partial charge on any atom is 0.304 e. The van der Waals surface area contributed by atoms with Crippen molar-refractivity contribution in [2.75, 3.05) is 19.6 Å². The Balaban J connectivity index is 1.93. The molecule has 2 fully saturated rings. The lowest BCUT2D eigenvalue weighted by Gasteiger charge is -2.32. The second-order valence-corrected chi connectivity index (χ2v) is 5.79. The third kappa shape index (κ3) is 4.54. The maximum atomic E-state index is 11.3. The molecule has 3 heteroatoms. The Hall–Kier alpha value is -1.01. The summed E-state index contributed by atoms with van der Waals surface area (Å²) in [7, 11) is 0. The van der Waals surface area contributed by atoms with Crippen molar-refractivity contribution >= 4 is 5.97 Å². The molecule has 1 saturated carbocycles. The largest absolute Gasteiger partial charge is 0.446 e. The zero-order valence-electron chi connectivity index (χ0n) is 12.0. The summed E-state index contributed by atoms with van der Waals surface area (Å²) >= 11 is 0. The number of esters is 1. The van der Waals surface area contributed by atoms with Crippen molar-refractivity contribution in [3.8, 4) is 11.8 Å². The predicted molar refractivity (Wildman–Crippen MR) is 75.6 cm³/mol. The highest BCUT2D eigenvalue weighted by Gasteiger charge is 2.33. The van der Waals surface area contributed by atoms with Crippen LogP contribution in [-0.4, -0.2) is 36.1 Å². The summed E-state index contributed by atoms with van der Waals surface area (Å²) < 4.78 is 5.54.